The molecule has 0 unspecified atom stereocenters. The van der Waals surface area contributed by atoms with Crippen LogP contribution in [-0.4, -0.2) is 14.5 Å². The molecule has 0 N–H and O–H groups in total. The van der Waals surface area contributed by atoms with Crippen LogP contribution in [0.1, 0.15) is 0 Å². The molecule has 0 aliphatic carbocycles. The van der Waals surface area contributed by atoms with Crippen molar-refractivity contribution in [2.24, 2.45) is 0 Å². The van der Waals surface area contributed by atoms with Gasteiger partial charge in [-0.15, -0.1) is 0 Å². The van der Waals surface area contributed by atoms with Crippen LogP contribution in [-0.2, 0) is 0 Å². The fourth-order valence-electron chi connectivity index (χ4n) is 7.10. The van der Waals surface area contributed by atoms with Gasteiger partial charge < -0.3 is 4.42 Å². The standard InChI is InChI=1S/C42H25N3O/c1-2-13-27(14-3-1)39-31-17-6-9-19-35(31)43-42(44-39)45-36-20-10-7-18-32(36)38-33(29-23-22-26-12-4-5-15-28(26)24-29)25-34-30-16-8-11-21-37(30)46-41(34)40(38)45/h1-25H. The maximum atomic E-state index is 6.74. The summed E-state index contributed by atoms with van der Waals surface area (Å²) in [6.45, 7) is 0. The Morgan fingerprint density at radius 3 is 2.11 bits per heavy atom. The first-order valence-corrected chi connectivity index (χ1v) is 15.5. The van der Waals surface area contributed by atoms with Gasteiger partial charge in [0.15, 0.2) is 5.58 Å². The first-order valence-electron chi connectivity index (χ1n) is 15.5. The second-order valence-electron chi connectivity index (χ2n) is 11.8. The van der Waals surface area contributed by atoms with E-state index in [1.807, 2.05) is 30.3 Å². The molecule has 10 rings (SSSR count). The Labute approximate surface area is 263 Å². The highest BCUT2D eigenvalue weighted by Crippen LogP contribution is 2.45. The van der Waals surface area contributed by atoms with Crippen molar-refractivity contribution in [3.05, 3.63) is 152 Å². The lowest BCUT2D eigenvalue weighted by atomic mass is 9.95. The van der Waals surface area contributed by atoms with E-state index in [2.05, 4.69) is 126 Å². The molecule has 7 aromatic carbocycles. The van der Waals surface area contributed by atoms with Crippen LogP contribution in [0.5, 0.6) is 0 Å². The zero-order chi connectivity index (χ0) is 30.2. The average Bonchev–Trinajstić information content (AvgIpc) is 3.67. The number of hydrogen-bond donors (Lipinski definition) is 0. The van der Waals surface area contributed by atoms with Gasteiger partial charge in [-0.2, -0.15) is 0 Å². The van der Waals surface area contributed by atoms with Crippen LogP contribution in [0.4, 0.5) is 0 Å². The zero-order valence-electron chi connectivity index (χ0n) is 24.7. The van der Waals surface area contributed by atoms with E-state index in [0.29, 0.717) is 5.95 Å². The van der Waals surface area contributed by atoms with Crippen LogP contribution in [0.2, 0.25) is 0 Å². The fourth-order valence-corrected chi connectivity index (χ4v) is 7.10. The fraction of sp³-hybridized carbons (Fsp3) is 0. The van der Waals surface area contributed by atoms with Crippen molar-refractivity contribution >= 4 is 65.4 Å². The van der Waals surface area contributed by atoms with Gasteiger partial charge in [0, 0.05) is 32.5 Å². The van der Waals surface area contributed by atoms with Gasteiger partial charge >= 0.3 is 0 Å². The SMILES string of the molecule is c1ccc(-c2nc(-n3c4ccccc4c4c(-c5ccc6ccccc6c5)cc5c6ccccc6oc5c43)nc3ccccc23)cc1. The smallest absolute Gasteiger partial charge is 0.235 e. The number of nitrogens with zero attached hydrogens (tertiary/aromatic N) is 3. The van der Waals surface area contributed by atoms with E-state index in [0.717, 1.165) is 77.0 Å². The van der Waals surface area contributed by atoms with Crippen molar-refractivity contribution in [2.75, 3.05) is 0 Å². The Hall–Kier alpha value is -6.26. The maximum absolute atomic E-state index is 6.74. The van der Waals surface area contributed by atoms with Crippen LogP contribution < -0.4 is 0 Å². The number of furan rings is 1. The molecular weight excluding hydrogens is 562 g/mol. The summed E-state index contributed by atoms with van der Waals surface area (Å²) < 4.78 is 8.95. The van der Waals surface area contributed by atoms with Crippen molar-refractivity contribution in [1.82, 2.24) is 14.5 Å². The second-order valence-corrected chi connectivity index (χ2v) is 11.8. The third kappa shape index (κ3) is 3.61. The summed E-state index contributed by atoms with van der Waals surface area (Å²) in [4.78, 5) is 10.5. The molecule has 3 heterocycles. The topological polar surface area (TPSA) is 43.9 Å². The summed E-state index contributed by atoms with van der Waals surface area (Å²) in [5, 5.41) is 7.85. The molecule has 10 aromatic rings. The number of para-hydroxylation sites is 3. The van der Waals surface area contributed by atoms with E-state index in [1.165, 1.54) is 10.8 Å². The molecule has 0 spiro atoms. The Bertz CT molecular complexity index is 2810. The van der Waals surface area contributed by atoms with Gasteiger partial charge in [-0.1, -0.05) is 121 Å². The molecule has 0 fully saturated rings. The molecule has 0 saturated heterocycles. The van der Waals surface area contributed by atoms with E-state index in [4.69, 9.17) is 14.4 Å². The molecule has 3 aromatic heterocycles. The van der Waals surface area contributed by atoms with Crippen molar-refractivity contribution in [2.45, 2.75) is 0 Å². The number of aromatic nitrogens is 3. The van der Waals surface area contributed by atoms with Gasteiger partial charge in [0.05, 0.1) is 16.7 Å². The van der Waals surface area contributed by atoms with Gasteiger partial charge in [-0.3, -0.25) is 4.57 Å². The monoisotopic (exact) mass is 587 g/mol. The molecule has 4 heteroatoms. The number of hydrogen-bond acceptors (Lipinski definition) is 3. The molecular formula is C42H25N3O. The first kappa shape index (κ1) is 25.1. The van der Waals surface area contributed by atoms with Gasteiger partial charge in [-0.05, 0) is 52.2 Å². The van der Waals surface area contributed by atoms with Gasteiger partial charge in [0.25, 0.3) is 0 Å². The molecule has 4 nitrogen and oxygen atoms in total. The van der Waals surface area contributed by atoms with Crippen LogP contribution in [0.15, 0.2) is 156 Å². The quantitative estimate of drug-likeness (QED) is 0.207. The first-order chi connectivity index (χ1) is 22.8. The van der Waals surface area contributed by atoms with E-state index in [-0.39, 0.29) is 0 Å². The molecule has 0 radical (unpaired) electrons. The molecule has 0 aliphatic heterocycles. The molecule has 214 valence electrons. The van der Waals surface area contributed by atoms with Crippen molar-refractivity contribution in [3.8, 4) is 28.3 Å². The van der Waals surface area contributed by atoms with Crippen molar-refractivity contribution < 1.29 is 4.42 Å². The van der Waals surface area contributed by atoms with Gasteiger partial charge in [0.1, 0.15) is 11.1 Å². The molecule has 0 atom stereocenters. The number of fused-ring (bicyclic) bond motifs is 9. The molecule has 0 saturated carbocycles. The van der Waals surface area contributed by atoms with Crippen LogP contribution >= 0.6 is 0 Å². The third-order valence-electron chi connectivity index (χ3n) is 9.18. The van der Waals surface area contributed by atoms with Gasteiger partial charge in [-0.25, -0.2) is 9.97 Å². The second kappa shape index (κ2) is 9.62. The maximum Gasteiger partial charge on any atom is 0.235 e. The lowest BCUT2D eigenvalue weighted by Gasteiger charge is -2.12. The van der Waals surface area contributed by atoms with Gasteiger partial charge in [0.2, 0.25) is 5.95 Å². The Morgan fingerprint density at radius 1 is 0.500 bits per heavy atom. The molecule has 0 bridgehead atoms. The van der Waals surface area contributed by atoms with E-state index in [9.17, 15) is 0 Å². The minimum atomic E-state index is 0.612. The van der Waals surface area contributed by atoms with Crippen LogP contribution in [0, 0.1) is 0 Å². The molecule has 0 aliphatic rings. The minimum Gasteiger partial charge on any atom is -0.454 e. The summed E-state index contributed by atoms with van der Waals surface area (Å²) in [5.41, 5.74) is 8.83. The summed E-state index contributed by atoms with van der Waals surface area (Å²) in [5.74, 6) is 0.612. The predicted octanol–water partition coefficient (Wildman–Crippen LogP) is 11.1. The molecule has 46 heavy (non-hydrogen) atoms. The highest BCUT2D eigenvalue weighted by atomic mass is 16.3. The lowest BCUT2D eigenvalue weighted by molar-refractivity contribution is 0.671. The van der Waals surface area contributed by atoms with E-state index >= 15 is 0 Å². The predicted molar refractivity (Wildman–Crippen MR) is 190 cm³/mol. The van der Waals surface area contributed by atoms with Crippen molar-refractivity contribution in [1.29, 1.82) is 0 Å². The van der Waals surface area contributed by atoms with Crippen LogP contribution in [0.25, 0.3) is 93.8 Å². The third-order valence-corrected chi connectivity index (χ3v) is 9.18. The summed E-state index contributed by atoms with van der Waals surface area (Å²) in [6, 6.07) is 53.0. The largest absolute Gasteiger partial charge is 0.454 e. The highest BCUT2D eigenvalue weighted by Gasteiger charge is 2.24. The lowest BCUT2D eigenvalue weighted by Crippen LogP contribution is -2.03. The summed E-state index contributed by atoms with van der Waals surface area (Å²) in [7, 11) is 0. The molecule has 0 amide bonds. The summed E-state index contributed by atoms with van der Waals surface area (Å²) in [6.07, 6.45) is 0. The van der Waals surface area contributed by atoms with Crippen LogP contribution in [0.3, 0.4) is 0 Å². The average molecular weight is 588 g/mol. The Kier molecular flexibility index (Phi) is 5.25. The normalized spacial score (nSPS) is 11.9. The summed E-state index contributed by atoms with van der Waals surface area (Å²) >= 11 is 0. The highest BCUT2D eigenvalue weighted by molar-refractivity contribution is 6.26. The Balaban J connectivity index is 1.41. The Morgan fingerprint density at radius 2 is 1.22 bits per heavy atom. The zero-order valence-corrected chi connectivity index (χ0v) is 24.7. The van der Waals surface area contributed by atoms with E-state index in [1.54, 1.807) is 0 Å². The van der Waals surface area contributed by atoms with E-state index < -0.39 is 0 Å². The number of rotatable bonds is 3. The minimum absolute atomic E-state index is 0.612. The van der Waals surface area contributed by atoms with Crippen molar-refractivity contribution in [3.63, 3.8) is 0 Å². The number of benzene rings is 7.